The Bertz CT molecular complexity index is 562. The summed E-state index contributed by atoms with van der Waals surface area (Å²) in [6.07, 6.45) is 2.92. The van der Waals surface area contributed by atoms with Crippen LogP contribution in [0.15, 0.2) is 29.2 Å². The zero-order valence-corrected chi connectivity index (χ0v) is 14.0. The van der Waals surface area contributed by atoms with E-state index in [-0.39, 0.29) is 16.7 Å². The summed E-state index contributed by atoms with van der Waals surface area (Å²) in [6, 6.07) is 5.93. The molecule has 4 nitrogen and oxygen atoms in total. The lowest BCUT2D eigenvalue weighted by atomic mass is 10.0. The molecule has 21 heavy (non-hydrogen) atoms. The van der Waals surface area contributed by atoms with Crippen LogP contribution in [0.3, 0.4) is 0 Å². The van der Waals surface area contributed by atoms with Crippen LogP contribution in [0, 0.1) is 5.92 Å². The molecule has 0 aromatic heterocycles. The molecule has 0 radical (unpaired) electrons. The largest absolute Gasteiger partial charge is 0.295 e. The van der Waals surface area contributed by atoms with Crippen LogP contribution in [0.5, 0.6) is 0 Å². The third-order valence-corrected chi connectivity index (χ3v) is 4.95. The van der Waals surface area contributed by atoms with Crippen molar-refractivity contribution in [3.05, 3.63) is 29.8 Å². The number of rotatable bonds is 8. The standard InChI is InChI=1S/C16H25NO3S/c1-12(2)6-5-7-13(3)17-21(19,20)16-10-8-15(9-11-16)14(4)18/h8-13,17H,5-7H2,1-4H3/t13-/m0/s1. The molecule has 118 valence electrons. The van der Waals surface area contributed by atoms with Gasteiger partial charge < -0.3 is 0 Å². The minimum absolute atomic E-state index is 0.0750. The van der Waals surface area contributed by atoms with E-state index in [2.05, 4.69) is 18.6 Å². The first-order valence-corrected chi connectivity index (χ1v) is 8.84. The average molecular weight is 311 g/mol. The fourth-order valence-electron chi connectivity index (χ4n) is 2.09. The molecule has 1 aromatic carbocycles. The number of hydrogen-bond donors (Lipinski definition) is 1. The molecule has 0 aliphatic heterocycles. The summed E-state index contributed by atoms with van der Waals surface area (Å²) >= 11 is 0. The molecule has 0 spiro atoms. The number of carbonyl (C=O) groups excluding carboxylic acids is 1. The van der Waals surface area contributed by atoms with Gasteiger partial charge in [-0.3, -0.25) is 4.79 Å². The maximum atomic E-state index is 12.2. The first-order valence-electron chi connectivity index (χ1n) is 7.35. The van der Waals surface area contributed by atoms with E-state index in [0.29, 0.717) is 11.5 Å². The Labute approximate surface area is 128 Å². The predicted molar refractivity (Wildman–Crippen MR) is 84.9 cm³/mol. The van der Waals surface area contributed by atoms with Gasteiger partial charge in [-0.05, 0) is 38.3 Å². The van der Waals surface area contributed by atoms with E-state index in [0.717, 1.165) is 19.3 Å². The van der Waals surface area contributed by atoms with Crippen molar-refractivity contribution in [1.29, 1.82) is 0 Å². The second-order valence-electron chi connectivity index (χ2n) is 5.93. The molecule has 0 aliphatic rings. The highest BCUT2D eigenvalue weighted by atomic mass is 32.2. The minimum atomic E-state index is -3.51. The van der Waals surface area contributed by atoms with Gasteiger partial charge in [-0.25, -0.2) is 13.1 Å². The first kappa shape index (κ1) is 17.9. The van der Waals surface area contributed by atoms with Crippen LogP contribution in [0.2, 0.25) is 0 Å². The second kappa shape index (κ2) is 7.71. The number of benzene rings is 1. The summed E-state index contributed by atoms with van der Waals surface area (Å²) in [7, 11) is -3.51. The van der Waals surface area contributed by atoms with E-state index >= 15 is 0 Å². The molecule has 1 atom stereocenters. The maximum Gasteiger partial charge on any atom is 0.240 e. The Kier molecular flexibility index (Phi) is 6.55. The molecule has 5 heteroatoms. The maximum absolute atomic E-state index is 12.2. The Morgan fingerprint density at radius 2 is 1.67 bits per heavy atom. The fraction of sp³-hybridized carbons (Fsp3) is 0.562. The van der Waals surface area contributed by atoms with Gasteiger partial charge in [0.05, 0.1) is 4.90 Å². The number of ketones is 1. The highest BCUT2D eigenvalue weighted by Crippen LogP contribution is 2.14. The molecular formula is C16H25NO3S. The van der Waals surface area contributed by atoms with Crippen molar-refractivity contribution in [1.82, 2.24) is 4.72 Å². The summed E-state index contributed by atoms with van der Waals surface area (Å²) < 4.78 is 27.1. The van der Waals surface area contributed by atoms with Gasteiger partial charge in [0.15, 0.2) is 5.78 Å². The Morgan fingerprint density at radius 1 is 1.10 bits per heavy atom. The van der Waals surface area contributed by atoms with Crippen molar-refractivity contribution in [2.24, 2.45) is 5.92 Å². The van der Waals surface area contributed by atoms with Crippen LogP contribution in [0.1, 0.15) is 57.3 Å². The van der Waals surface area contributed by atoms with Crippen molar-refractivity contribution in [3.8, 4) is 0 Å². The summed E-state index contributed by atoms with van der Waals surface area (Å²) in [5, 5.41) is 0. The van der Waals surface area contributed by atoms with Gasteiger partial charge in [-0.1, -0.05) is 38.8 Å². The second-order valence-corrected chi connectivity index (χ2v) is 7.64. The quantitative estimate of drug-likeness (QED) is 0.749. The minimum Gasteiger partial charge on any atom is -0.295 e. The van der Waals surface area contributed by atoms with Crippen molar-refractivity contribution in [3.63, 3.8) is 0 Å². The molecule has 0 bridgehead atoms. The van der Waals surface area contributed by atoms with Crippen molar-refractivity contribution in [2.75, 3.05) is 0 Å². The molecule has 1 rings (SSSR count). The zero-order valence-electron chi connectivity index (χ0n) is 13.2. The van der Waals surface area contributed by atoms with Gasteiger partial charge in [0.25, 0.3) is 0 Å². The monoisotopic (exact) mass is 311 g/mol. The summed E-state index contributed by atoms with van der Waals surface area (Å²) in [5.74, 6) is 0.557. The zero-order chi connectivity index (χ0) is 16.0. The third-order valence-electron chi connectivity index (χ3n) is 3.35. The molecule has 1 aromatic rings. The first-order chi connectivity index (χ1) is 9.72. The van der Waals surface area contributed by atoms with Gasteiger partial charge in [-0.2, -0.15) is 0 Å². The number of sulfonamides is 1. The van der Waals surface area contributed by atoms with E-state index in [1.807, 2.05) is 6.92 Å². The normalized spacial score (nSPS) is 13.4. The number of Topliss-reactive ketones (excluding diaryl/α,β-unsaturated/α-hetero) is 1. The molecule has 0 saturated carbocycles. The van der Waals surface area contributed by atoms with Crippen molar-refractivity contribution >= 4 is 15.8 Å². The Hall–Kier alpha value is -1.20. The van der Waals surface area contributed by atoms with Crippen LogP contribution in [-0.4, -0.2) is 20.2 Å². The van der Waals surface area contributed by atoms with E-state index in [9.17, 15) is 13.2 Å². The van der Waals surface area contributed by atoms with Gasteiger partial charge in [0, 0.05) is 11.6 Å². The topological polar surface area (TPSA) is 63.2 Å². The molecular weight excluding hydrogens is 286 g/mol. The smallest absolute Gasteiger partial charge is 0.240 e. The van der Waals surface area contributed by atoms with Crippen LogP contribution in [0.4, 0.5) is 0 Å². The van der Waals surface area contributed by atoms with Gasteiger partial charge >= 0.3 is 0 Å². The van der Waals surface area contributed by atoms with Crippen molar-refractivity contribution in [2.45, 2.75) is 57.9 Å². The van der Waals surface area contributed by atoms with E-state index in [1.54, 1.807) is 12.1 Å². The molecule has 0 fully saturated rings. The van der Waals surface area contributed by atoms with Crippen LogP contribution >= 0.6 is 0 Å². The third kappa shape index (κ3) is 5.98. The molecule has 0 unspecified atom stereocenters. The van der Waals surface area contributed by atoms with Crippen LogP contribution < -0.4 is 4.72 Å². The highest BCUT2D eigenvalue weighted by Gasteiger charge is 2.17. The molecule has 0 saturated heterocycles. The average Bonchev–Trinajstić information content (AvgIpc) is 2.37. The fourth-order valence-corrected chi connectivity index (χ4v) is 3.37. The molecule has 1 N–H and O–H groups in total. The Morgan fingerprint density at radius 3 is 2.14 bits per heavy atom. The molecule has 0 heterocycles. The van der Waals surface area contributed by atoms with Gasteiger partial charge in [-0.15, -0.1) is 0 Å². The molecule has 0 amide bonds. The summed E-state index contributed by atoms with van der Waals surface area (Å²) in [6.45, 7) is 7.65. The Balaban J connectivity index is 2.66. The molecule has 0 aliphatic carbocycles. The van der Waals surface area contributed by atoms with Gasteiger partial charge in [0.1, 0.15) is 0 Å². The summed E-state index contributed by atoms with van der Waals surface area (Å²) in [5.41, 5.74) is 0.513. The van der Waals surface area contributed by atoms with Gasteiger partial charge in [0.2, 0.25) is 10.0 Å². The highest BCUT2D eigenvalue weighted by molar-refractivity contribution is 7.89. The lowest BCUT2D eigenvalue weighted by Crippen LogP contribution is -2.32. The predicted octanol–water partition coefficient (Wildman–Crippen LogP) is 3.38. The van der Waals surface area contributed by atoms with Crippen LogP contribution in [0.25, 0.3) is 0 Å². The van der Waals surface area contributed by atoms with E-state index in [1.165, 1.54) is 19.1 Å². The number of hydrogen-bond acceptors (Lipinski definition) is 3. The lowest BCUT2D eigenvalue weighted by Gasteiger charge is -2.15. The van der Waals surface area contributed by atoms with Crippen LogP contribution in [-0.2, 0) is 10.0 Å². The summed E-state index contributed by atoms with van der Waals surface area (Å²) in [4.78, 5) is 11.4. The lowest BCUT2D eigenvalue weighted by molar-refractivity contribution is 0.101. The van der Waals surface area contributed by atoms with E-state index in [4.69, 9.17) is 0 Å². The SMILES string of the molecule is CC(=O)c1ccc(S(=O)(=O)N[C@@H](C)CCCC(C)C)cc1. The number of nitrogens with one attached hydrogen (secondary N) is 1. The van der Waals surface area contributed by atoms with Crippen molar-refractivity contribution < 1.29 is 13.2 Å². The number of carbonyl (C=O) groups is 1. The van der Waals surface area contributed by atoms with E-state index < -0.39 is 10.0 Å².